The second-order valence-corrected chi connectivity index (χ2v) is 18.5. The summed E-state index contributed by atoms with van der Waals surface area (Å²) < 4.78 is 5.45. The lowest BCUT2D eigenvalue weighted by atomic mass is 10.0. The van der Waals surface area contributed by atoms with Crippen LogP contribution in [0.25, 0.3) is 0 Å². The Labute approximate surface area is 385 Å². The van der Waals surface area contributed by atoms with E-state index in [4.69, 9.17) is 4.74 Å². The van der Waals surface area contributed by atoms with Crippen LogP contribution in [0.3, 0.4) is 0 Å². The maximum atomic E-state index is 12.4. The Kier molecular flexibility index (Phi) is 50.1. The van der Waals surface area contributed by atoms with Crippen molar-refractivity contribution in [1.82, 2.24) is 5.32 Å². The zero-order valence-corrected chi connectivity index (χ0v) is 41.4. The van der Waals surface area contributed by atoms with Crippen molar-refractivity contribution in [3.05, 3.63) is 36.5 Å². The first-order chi connectivity index (χ1) is 30.5. The van der Waals surface area contributed by atoms with Crippen molar-refractivity contribution < 1.29 is 24.5 Å². The van der Waals surface area contributed by atoms with Crippen molar-refractivity contribution in [3.8, 4) is 0 Å². The molecule has 364 valence electrons. The molecule has 2 unspecified atom stereocenters. The number of carbonyl (C=O) groups excluding carboxylic acids is 2. The van der Waals surface area contributed by atoms with E-state index in [0.29, 0.717) is 19.4 Å². The third-order valence-corrected chi connectivity index (χ3v) is 12.4. The number of aliphatic hydroxyl groups excluding tert-OH is 2. The van der Waals surface area contributed by atoms with Gasteiger partial charge in [0.15, 0.2) is 0 Å². The highest BCUT2D eigenvalue weighted by Crippen LogP contribution is 2.15. The first-order valence-corrected chi connectivity index (χ1v) is 27.3. The number of allylic oxidation sites excluding steroid dienone is 5. The SMILES string of the molecule is CCCCCCCC/C=C\CCCCCCCC(=O)OCCCCCCCC/C=C\CCCCCC(=O)NC(CO)C(O)/C=C/CCCCCCCCCCCCCCCCC. The van der Waals surface area contributed by atoms with Crippen molar-refractivity contribution in [2.75, 3.05) is 13.2 Å². The molecule has 0 saturated carbocycles. The van der Waals surface area contributed by atoms with Crippen LogP contribution in [0.2, 0.25) is 0 Å². The standard InChI is InChI=1S/C56H105NO5/c1-3-5-7-9-11-13-15-17-19-20-22-24-28-32-36-40-44-48-54(59)53(52-58)57-55(60)49-45-41-37-33-29-25-23-27-31-35-39-43-47-51-62-56(61)50-46-42-38-34-30-26-21-18-16-14-12-10-8-6-4-2/h18,21,25,29,44,48,53-54,58-59H,3-17,19-20,22-24,26-28,30-43,45-47,49-52H2,1-2H3,(H,57,60)/b21-18-,29-25-,48-44+. The molecule has 6 nitrogen and oxygen atoms in total. The predicted octanol–water partition coefficient (Wildman–Crippen LogP) is 16.5. The van der Waals surface area contributed by atoms with E-state index in [1.54, 1.807) is 6.08 Å². The third-order valence-electron chi connectivity index (χ3n) is 12.4. The fourth-order valence-corrected chi connectivity index (χ4v) is 8.15. The van der Waals surface area contributed by atoms with Crippen LogP contribution in [0.15, 0.2) is 36.5 Å². The molecule has 0 aromatic rings. The minimum atomic E-state index is -0.862. The lowest BCUT2D eigenvalue weighted by Gasteiger charge is -2.19. The van der Waals surface area contributed by atoms with Crippen molar-refractivity contribution in [2.45, 2.75) is 296 Å². The molecule has 0 rings (SSSR count). The van der Waals surface area contributed by atoms with E-state index in [-0.39, 0.29) is 18.5 Å². The smallest absolute Gasteiger partial charge is 0.305 e. The zero-order valence-electron chi connectivity index (χ0n) is 41.4. The number of hydrogen-bond acceptors (Lipinski definition) is 5. The van der Waals surface area contributed by atoms with Crippen LogP contribution in [0.1, 0.15) is 284 Å². The highest BCUT2D eigenvalue weighted by molar-refractivity contribution is 5.76. The zero-order chi connectivity index (χ0) is 45.1. The Hall–Kier alpha value is -1.92. The van der Waals surface area contributed by atoms with E-state index < -0.39 is 12.1 Å². The second kappa shape index (κ2) is 51.7. The van der Waals surface area contributed by atoms with E-state index >= 15 is 0 Å². The van der Waals surface area contributed by atoms with Crippen molar-refractivity contribution in [3.63, 3.8) is 0 Å². The molecule has 0 radical (unpaired) electrons. The van der Waals surface area contributed by atoms with Crippen LogP contribution < -0.4 is 5.32 Å². The Morgan fingerprint density at radius 3 is 1.16 bits per heavy atom. The van der Waals surface area contributed by atoms with Gasteiger partial charge in [-0.05, 0) is 83.5 Å². The quantitative estimate of drug-likeness (QED) is 0.0321. The molecular formula is C56H105NO5. The molecule has 1 amide bonds. The summed E-state index contributed by atoms with van der Waals surface area (Å²) in [4.78, 5) is 24.5. The maximum Gasteiger partial charge on any atom is 0.305 e. The number of amides is 1. The molecule has 3 N–H and O–H groups in total. The predicted molar refractivity (Wildman–Crippen MR) is 269 cm³/mol. The number of unbranched alkanes of at least 4 members (excludes halogenated alkanes) is 35. The summed E-state index contributed by atoms with van der Waals surface area (Å²) in [7, 11) is 0. The number of carbonyl (C=O) groups is 2. The van der Waals surface area contributed by atoms with Gasteiger partial charge in [-0.25, -0.2) is 0 Å². The van der Waals surface area contributed by atoms with Gasteiger partial charge in [0.05, 0.1) is 25.4 Å². The lowest BCUT2D eigenvalue weighted by Crippen LogP contribution is -2.45. The Morgan fingerprint density at radius 2 is 0.758 bits per heavy atom. The van der Waals surface area contributed by atoms with E-state index in [9.17, 15) is 19.8 Å². The van der Waals surface area contributed by atoms with Crippen LogP contribution in [0.4, 0.5) is 0 Å². The highest BCUT2D eigenvalue weighted by Gasteiger charge is 2.18. The fourth-order valence-electron chi connectivity index (χ4n) is 8.15. The molecule has 62 heavy (non-hydrogen) atoms. The third kappa shape index (κ3) is 47.6. The van der Waals surface area contributed by atoms with Gasteiger partial charge < -0.3 is 20.3 Å². The van der Waals surface area contributed by atoms with Crippen molar-refractivity contribution in [2.24, 2.45) is 0 Å². The molecule has 0 saturated heterocycles. The number of hydrogen-bond donors (Lipinski definition) is 3. The largest absolute Gasteiger partial charge is 0.466 e. The summed E-state index contributed by atoms with van der Waals surface area (Å²) in [6.45, 7) is 4.85. The van der Waals surface area contributed by atoms with Gasteiger partial charge in [0, 0.05) is 12.8 Å². The molecule has 0 aliphatic carbocycles. The molecule has 0 aromatic carbocycles. The first kappa shape index (κ1) is 60.1. The van der Waals surface area contributed by atoms with Gasteiger partial charge in [-0.3, -0.25) is 9.59 Å². The number of aliphatic hydroxyl groups is 2. The van der Waals surface area contributed by atoms with E-state index in [2.05, 4.69) is 43.5 Å². The minimum Gasteiger partial charge on any atom is -0.466 e. The molecule has 0 aliphatic rings. The summed E-state index contributed by atoms with van der Waals surface area (Å²) in [5, 5.41) is 23.1. The molecule has 0 bridgehead atoms. The Balaban J connectivity index is 3.54. The average molecular weight is 872 g/mol. The van der Waals surface area contributed by atoms with Crippen LogP contribution >= 0.6 is 0 Å². The molecule has 6 heteroatoms. The van der Waals surface area contributed by atoms with Gasteiger partial charge in [0.2, 0.25) is 5.91 Å². The molecule has 0 aromatic heterocycles. The van der Waals surface area contributed by atoms with E-state index in [1.807, 2.05) is 6.08 Å². The van der Waals surface area contributed by atoms with E-state index in [1.165, 1.54) is 186 Å². The number of ether oxygens (including phenoxy) is 1. The number of esters is 1. The molecule has 0 fully saturated rings. The molecular weight excluding hydrogens is 767 g/mol. The fraction of sp³-hybridized carbons (Fsp3) is 0.857. The summed E-state index contributed by atoms with van der Waals surface area (Å²) in [5.74, 6) is -0.120. The van der Waals surface area contributed by atoms with Gasteiger partial charge in [0.1, 0.15) is 0 Å². The highest BCUT2D eigenvalue weighted by atomic mass is 16.5. The normalized spacial score (nSPS) is 12.9. The monoisotopic (exact) mass is 872 g/mol. The topological polar surface area (TPSA) is 95.9 Å². The maximum absolute atomic E-state index is 12.4. The molecule has 0 heterocycles. The minimum absolute atomic E-state index is 0.0222. The van der Waals surface area contributed by atoms with Crippen LogP contribution in [0.5, 0.6) is 0 Å². The van der Waals surface area contributed by atoms with Gasteiger partial charge in [0.25, 0.3) is 0 Å². The van der Waals surface area contributed by atoms with Gasteiger partial charge in [-0.1, -0.05) is 224 Å². The van der Waals surface area contributed by atoms with Gasteiger partial charge in [-0.15, -0.1) is 0 Å². The summed E-state index contributed by atoms with van der Waals surface area (Å²) in [5.41, 5.74) is 0. The molecule has 0 aliphatic heterocycles. The van der Waals surface area contributed by atoms with Crippen LogP contribution in [-0.4, -0.2) is 47.4 Å². The lowest BCUT2D eigenvalue weighted by molar-refractivity contribution is -0.143. The second-order valence-electron chi connectivity index (χ2n) is 18.5. The number of nitrogens with one attached hydrogen (secondary N) is 1. The van der Waals surface area contributed by atoms with E-state index in [0.717, 1.165) is 70.6 Å². The first-order valence-electron chi connectivity index (χ1n) is 27.3. The van der Waals surface area contributed by atoms with Gasteiger partial charge >= 0.3 is 5.97 Å². The Bertz CT molecular complexity index is 1010. The average Bonchev–Trinajstić information content (AvgIpc) is 3.27. The van der Waals surface area contributed by atoms with Crippen LogP contribution in [-0.2, 0) is 14.3 Å². The van der Waals surface area contributed by atoms with Gasteiger partial charge in [-0.2, -0.15) is 0 Å². The summed E-state index contributed by atoms with van der Waals surface area (Å²) in [6, 6.07) is -0.649. The van der Waals surface area contributed by atoms with Crippen LogP contribution in [0, 0.1) is 0 Å². The molecule has 0 spiro atoms. The van der Waals surface area contributed by atoms with Crippen molar-refractivity contribution in [1.29, 1.82) is 0 Å². The van der Waals surface area contributed by atoms with Crippen molar-refractivity contribution >= 4 is 11.9 Å². The number of rotatable bonds is 50. The Morgan fingerprint density at radius 1 is 0.435 bits per heavy atom. The summed E-state index contributed by atoms with van der Waals surface area (Å²) in [6.07, 6.45) is 62.9. The summed E-state index contributed by atoms with van der Waals surface area (Å²) >= 11 is 0. The molecule has 2 atom stereocenters.